The predicted molar refractivity (Wildman–Crippen MR) is 131 cm³/mol. The molecule has 8 nitrogen and oxygen atoms in total. The van der Waals surface area contributed by atoms with E-state index in [0.29, 0.717) is 36.8 Å². The van der Waals surface area contributed by atoms with Crippen molar-refractivity contribution in [3.8, 4) is 0 Å². The summed E-state index contributed by atoms with van der Waals surface area (Å²) in [6.45, 7) is 3.35. The minimum Gasteiger partial charge on any atom is -0.382 e. The van der Waals surface area contributed by atoms with Crippen molar-refractivity contribution in [2.24, 2.45) is 5.92 Å². The summed E-state index contributed by atoms with van der Waals surface area (Å²) in [5, 5.41) is 4.43. The molecule has 0 saturated carbocycles. The maximum absolute atomic E-state index is 6.59. The number of nitrogen functional groups attached to an aromatic ring is 1. The second kappa shape index (κ2) is 10.1. The molecule has 0 amide bonds. The smallest absolute Gasteiger partial charge is 0.242 e. The van der Waals surface area contributed by atoms with Crippen LogP contribution < -0.4 is 5.73 Å². The number of ether oxygens (including phenoxy) is 4. The Balaban J connectivity index is 1.54. The van der Waals surface area contributed by atoms with E-state index in [4.69, 9.17) is 24.7 Å². The highest BCUT2D eigenvalue weighted by Gasteiger charge is 2.55. The fraction of sp³-hybridized carbons (Fsp3) is 0.333. The Morgan fingerprint density at radius 2 is 1.63 bits per heavy atom. The van der Waals surface area contributed by atoms with Gasteiger partial charge in [-0.3, -0.25) is 0 Å². The molecule has 0 aliphatic carbocycles. The summed E-state index contributed by atoms with van der Waals surface area (Å²) in [5.41, 5.74) is 9.58. The summed E-state index contributed by atoms with van der Waals surface area (Å²) in [6, 6.07) is 23.9. The Morgan fingerprint density at radius 3 is 2.29 bits per heavy atom. The van der Waals surface area contributed by atoms with Crippen LogP contribution in [0.15, 0.2) is 79.1 Å². The number of nitrogens with zero attached hydrogens (tertiary/aromatic N) is 3. The molecule has 4 aromatic rings. The molecular formula is C27H30N4O4. The minimum atomic E-state index is -1.27. The highest BCUT2D eigenvalue weighted by Crippen LogP contribution is 2.42. The first-order valence-corrected chi connectivity index (χ1v) is 11.7. The average molecular weight is 475 g/mol. The van der Waals surface area contributed by atoms with Gasteiger partial charge < -0.3 is 24.7 Å². The fourth-order valence-electron chi connectivity index (χ4n) is 4.65. The molecule has 0 bridgehead atoms. The van der Waals surface area contributed by atoms with E-state index in [9.17, 15) is 0 Å². The Hall–Kier alpha value is -3.30. The van der Waals surface area contributed by atoms with Crippen molar-refractivity contribution in [3.63, 3.8) is 0 Å². The van der Waals surface area contributed by atoms with Crippen molar-refractivity contribution in [1.29, 1.82) is 0 Å². The molecule has 1 fully saturated rings. The van der Waals surface area contributed by atoms with E-state index in [0.717, 1.165) is 11.1 Å². The number of benzene rings is 2. The van der Waals surface area contributed by atoms with E-state index in [-0.39, 0.29) is 12.0 Å². The zero-order valence-electron chi connectivity index (χ0n) is 19.9. The highest BCUT2D eigenvalue weighted by molar-refractivity contribution is 5.65. The SMILES string of the molecule is COC1(c2ccc3c(N)ncnn23)OC[C@@H](C)[C@@H](OCc2ccccc2)[C@H]1OCc1ccccc1. The minimum absolute atomic E-state index is 0.0636. The van der Waals surface area contributed by atoms with Gasteiger partial charge in [0.05, 0.1) is 25.9 Å². The van der Waals surface area contributed by atoms with Crippen LogP contribution in [-0.2, 0) is 37.9 Å². The summed E-state index contributed by atoms with van der Waals surface area (Å²) in [7, 11) is 1.62. The molecule has 8 heteroatoms. The van der Waals surface area contributed by atoms with Crippen LogP contribution in [0.1, 0.15) is 23.7 Å². The number of hydrogen-bond donors (Lipinski definition) is 1. The molecular weight excluding hydrogens is 444 g/mol. The standard InChI is InChI=1S/C27H30N4O4/c1-19-15-35-27(32-2,23-14-13-22-26(28)29-18-30-31(22)23)25(34-17-21-11-7-4-8-12-21)24(19)33-16-20-9-5-3-6-10-20/h3-14,18-19,24-25H,15-17H2,1-2H3,(H2,28,29,30)/t19-,24-,25-,27?/m1/s1. The third-order valence-electron chi connectivity index (χ3n) is 6.49. The molecule has 3 heterocycles. The number of hydrogen-bond acceptors (Lipinski definition) is 7. The Bertz CT molecular complexity index is 1250. The summed E-state index contributed by atoms with van der Waals surface area (Å²) >= 11 is 0. The molecule has 5 rings (SSSR count). The van der Waals surface area contributed by atoms with E-state index in [1.165, 1.54) is 6.33 Å². The molecule has 0 spiro atoms. The molecule has 0 radical (unpaired) electrons. The van der Waals surface area contributed by atoms with Crippen molar-refractivity contribution in [2.75, 3.05) is 19.5 Å². The van der Waals surface area contributed by atoms with E-state index >= 15 is 0 Å². The lowest BCUT2D eigenvalue weighted by molar-refractivity contribution is -0.350. The molecule has 2 N–H and O–H groups in total. The first kappa shape index (κ1) is 23.4. The van der Waals surface area contributed by atoms with E-state index in [1.807, 2.05) is 72.8 Å². The average Bonchev–Trinajstić information content (AvgIpc) is 3.34. The molecule has 1 aliphatic rings. The highest BCUT2D eigenvalue weighted by atomic mass is 16.7. The van der Waals surface area contributed by atoms with Gasteiger partial charge in [0, 0.05) is 13.0 Å². The summed E-state index contributed by atoms with van der Waals surface area (Å²) < 4.78 is 27.4. The Morgan fingerprint density at radius 1 is 0.971 bits per heavy atom. The quantitative estimate of drug-likeness (QED) is 0.413. The number of fused-ring (bicyclic) bond motifs is 1. The summed E-state index contributed by atoms with van der Waals surface area (Å²) in [6.07, 6.45) is 0.524. The van der Waals surface area contributed by atoms with Gasteiger partial charge in [-0.05, 0) is 23.3 Å². The molecule has 1 saturated heterocycles. The van der Waals surface area contributed by atoms with Crippen molar-refractivity contribution in [3.05, 3.63) is 95.9 Å². The zero-order chi connectivity index (χ0) is 24.3. The molecule has 1 unspecified atom stereocenters. The van der Waals surface area contributed by atoms with E-state index in [2.05, 4.69) is 17.0 Å². The van der Waals surface area contributed by atoms with E-state index in [1.54, 1.807) is 11.6 Å². The molecule has 2 aromatic carbocycles. The van der Waals surface area contributed by atoms with Crippen molar-refractivity contribution in [2.45, 2.75) is 38.1 Å². The number of nitrogens with two attached hydrogens (primary N) is 1. The van der Waals surface area contributed by atoms with Gasteiger partial charge in [0.1, 0.15) is 23.6 Å². The van der Waals surface area contributed by atoms with Crippen LogP contribution in [-0.4, -0.2) is 40.5 Å². The van der Waals surface area contributed by atoms with Crippen molar-refractivity contribution < 1.29 is 18.9 Å². The third kappa shape index (κ3) is 4.53. The van der Waals surface area contributed by atoms with E-state index < -0.39 is 11.9 Å². The molecule has 35 heavy (non-hydrogen) atoms. The number of methoxy groups -OCH3 is 1. The van der Waals surface area contributed by atoms with Crippen LogP contribution in [0.5, 0.6) is 0 Å². The lowest BCUT2D eigenvalue weighted by atomic mass is 9.89. The first-order chi connectivity index (χ1) is 17.1. The first-order valence-electron chi connectivity index (χ1n) is 11.7. The van der Waals surface area contributed by atoms with Gasteiger partial charge in [0.25, 0.3) is 0 Å². The second-order valence-electron chi connectivity index (χ2n) is 8.80. The molecule has 4 atom stereocenters. The predicted octanol–water partition coefficient (Wildman–Crippen LogP) is 3.95. The molecule has 1 aliphatic heterocycles. The van der Waals surface area contributed by atoms with Crippen LogP contribution in [0.25, 0.3) is 5.52 Å². The summed E-state index contributed by atoms with van der Waals surface area (Å²) in [5.74, 6) is -0.829. The largest absolute Gasteiger partial charge is 0.382 e. The lowest BCUT2D eigenvalue weighted by Gasteiger charge is -2.48. The van der Waals surface area contributed by atoms with Gasteiger partial charge in [0.2, 0.25) is 5.79 Å². The fourth-order valence-corrected chi connectivity index (χ4v) is 4.65. The third-order valence-corrected chi connectivity index (χ3v) is 6.49. The maximum Gasteiger partial charge on any atom is 0.242 e. The lowest BCUT2D eigenvalue weighted by Crippen LogP contribution is -2.59. The maximum atomic E-state index is 6.59. The van der Waals surface area contributed by atoms with Gasteiger partial charge in [-0.1, -0.05) is 67.6 Å². The number of anilines is 1. The molecule has 2 aromatic heterocycles. The van der Waals surface area contributed by atoms with Crippen LogP contribution >= 0.6 is 0 Å². The van der Waals surface area contributed by atoms with Crippen LogP contribution in [0, 0.1) is 5.92 Å². The Kier molecular flexibility index (Phi) is 6.79. The van der Waals surface area contributed by atoms with Crippen molar-refractivity contribution >= 4 is 11.3 Å². The van der Waals surface area contributed by atoms with Gasteiger partial charge in [-0.25, -0.2) is 9.50 Å². The zero-order valence-corrected chi connectivity index (χ0v) is 19.9. The van der Waals surface area contributed by atoms with Gasteiger partial charge in [-0.15, -0.1) is 0 Å². The van der Waals surface area contributed by atoms with Crippen molar-refractivity contribution in [1.82, 2.24) is 14.6 Å². The number of aromatic nitrogens is 3. The monoisotopic (exact) mass is 474 g/mol. The molecule has 182 valence electrons. The van der Waals surface area contributed by atoms with Crippen LogP contribution in [0.4, 0.5) is 5.82 Å². The van der Waals surface area contributed by atoms with Crippen LogP contribution in [0.3, 0.4) is 0 Å². The number of rotatable bonds is 8. The Labute approximate surface area is 204 Å². The van der Waals surface area contributed by atoms with Gasteiger partial charge >= 0.3 is 0 Å². The second-order valence-corrected chi connectivity index (χ2v) is 8.80. The van der Waals surface area contributed by atoms with Gasteiger partial charge in [0.15, 0.2) is 5.82 Å². The normalized spacial score (nSPS) is 24.6. The topological polar surface area (TPSA) is 93.1 Å². The summed E-state index contributed by atoms with van der Waals surface area (Å²) in [4.78, 5) is 4.11. The van der Waals surface area contributed by atoms with Gasteiger partial charge in [-0.2, -0.15) is 5.10 Å². The van der Waals surface area contributed by atoms with Crippen LogP contribution in [0.2, 0.25) is 0 Å².